The van der Waals surface area contributed by atoms with E-state index in [1.807, 2.05) is 6.92 Å². The Bertz CT molecular complexity index is 902. The molecule has 3 rings (SSSR count). The van der Waals surface area contributed by atoms with Crippen LogP contribution in [0.25, 0.3) is 11.0 Å². The van der Waals surface area contributed by atoms with Crippen molar-refractivity contribution in [3.05, 3.63) is 53.9 Å². The van der Waals surface area contributed by atoms with Gasteiger partial charge in [0.05, 0.1) is 30.2 Å². The molecule has 3 aromatic rings. The molecule has 0 aliphatic carbocycles. The molecule has 0 saturated heterocycles. The summed E-state index contributed by atoms with van der Waals surface area (Å²) in [5.74, 6) is 0.106. The summed E-state index contributed by atoms with van der Waals surface area (Å²) < 4.78 is 5.30. The summed E-state index contributed by atoms with van der Waals surface area (Å²) in [6.45, 7) is 2.28. The van der Waals surface area contributed by atoms with Crippen molar-refractivity contribution in [2.45, 2.75) is 6.92 Å². The average Bonchev–Trinajstić information content (AvgIpc) is 3.05. The summed E-state index contributed by atoms with van der Waals surface area (Å²) in [5, 5.41) is 13.6. The number of phenolic OH excluding ortho intramolecular Hbond substituents is 1. The normalized spacial score (nSPS) is 11.0. The lowest BCUT2D eigenvalue weighted by atomic mass is 10.2. The molecule has 24 heavy (non-hydrogen) atoms. The maximum absolute atomic E-state index is 12.1. The van der Waals surface area contributed by atoms with E-state index in [1.54, 1.807) is 36.7 Å². The maximum Gasteiger partial charge on any atom is 0.271 e. The molecule has 0 fully saturated rings. The molecule has 3 N–H and O–H groups in total. The predicted molar refractivity (Wildman–Crippen MR) is 90.4 cm³/mol. The lowest BCUT2D eigenvalue weighted by Gasteiger charge is -2.06. The molecule has 0 saturated carbocycles. The minimum atomic E-state index is -0.327. The maximum atomic E-state index is 12.1. The molecule has 1 heterocycles. The highest BCUT2D eigenvalue weighted by Gasteiger charge is 2.06. The number of ether oxygens (including phenoxy) is 1. The molecular weight excluding hydrogens is 308 g/mol. The van der Waals surface area contributed by atoms with Crippen LogP contribution in [0.3, 0.4) is 0 Å². The van der Waals surface area contributed by atoms with E-state index in [2.05, 4.69) is 20.5 Å². The van der Waals surface area contributed by atoms with Crippen molar-refractivity contribution in [2.24, 2.45) is 5.10 Å². The number of phenols is 1. The van der Waals surface area contributed by atoms with Gasteiger partial charge >= 0.3 is 0 Å². The van der Waals surface area contributed by atoms with Gasteiger partial charge in [0.1, 0.15) is 0 Å². The number of imidazole rings is 1. The fourth-order valence-corrected chi connectivity index (χ4v) is 2.19. The Balaban J connectivity index is 1.69. The number of aromatic amines is 1. The Hall–Kier alpha value is -3.35. The topological polar surface area (TPSA) is 99.6 Å². The third-order valence-electron chi connectivity index (χ3n) is 3.35. The molecule has 1 amide bonds. The number of nitrogens with one attached hydrogen (secondary N) is 2. The summed E-state index contributed by atoms with van der Waals surface area (Å²) >= 11 is 0. The minimum absolute atomic E-state index is 0.0610. The number of carbonyl (C=O) groups excluding carboxylic acids is 1. The van der Waals surface area contributed by atoms with E-state index < -0.39 is 0 Å². The number of aromatic nitrogens is 2. The molecule has 7 heteroatoms. The molecule has 7 nitrogen and oxygen atoms in total. The Kier molecular flexibility index (Phi) is 4.42. The zero-order chi connectivity index (χ0) is 16.9. The first-order chi connectivity index (χ1) is 11.7. The van der Waals surface area contributed by atoms with Gasteiger partial charge in [0, 0.05) is 5.56 Å². The van der Waals surface area contributed by atoms with E-state index in [0.29, 0.717) is 23.5 Å². The zero-order valence-corrected chi connectivity index (χ0v) is 13.0. The van der Waals surface area contributed by atoms with Gasteiger partial charge in [-0.05, 0) is 48.9 Å². The van der Waals surface area contributed by atoms with Crippen LogP contribution in [0.15, 0.2) is 47.8 Å². The van der Waals surface area contributed by atoms with Crippen LogP contribution in [0, 0.1) is 0 Å². The SMILES string of the molecule is CCOc1cc(C=NNC(=O)c2ccc3nc[nH]c3c2)ccc1O. The standard InChI is InChI=1S/C17H16N4O3/c1-2-24-16-7-11(3-6-15(16)22)9-20-21-17(23)12-4-5-13-14(8-12)19-10-18-13/h3-10,22H,2H2,1H3,(H,18,19)(H,21,23). The second-order valence-corrected chi connectivity index (χ2v) is 4.99. The van der Waals surface area contributed by atoms with Crippen LogP contribution in [-0.2, 0) is 0 Å². The largest absolute Gasteiger partial charge is 0.504 e. The van der Waals surface area contributed by atoms with Gasteiger partial charge in [-0.1, -0.05) is 0 Å². The second-order valence-electron chi connectivity index (χ2n) is 4.99. The monoisotopic (exact) mass is 324 g/mol. The number of nitrogens with zero attached hydrogens (tertiary/aromatic N) is 2. The molecule has 122 valence electrons. The van der Waals surface area contributed by atoms with Crippen molar-refractivity contribution in [3.8, 4) is 11.5 Å². The number of rotatable bonds is 5. The fourth-order valence-electron chi connectivity index (χ4n) is 2.19. The molecule has 0 spiro atoms. The summed E-state index contributed by atoms with van der Waals surface area (Å²) in [4.78, 5) is 19.2. The Morgan fingerprint density at radius 1 is 1.38 bits per heavy atom. The van der Waals surface area contributed by atoms with Crippen molar-refractivity contribution >= 4 is 23.2 Å². The predicted octanol–water partition coefficient (Wildman–Crippen LogP) is 2.43. The number of benzene rings is 2. The second kappa shape index (κ2) is 6.82. The molecule has 0 atom stereocenters. The highest BCUT2D eigenvalue weighted by molar-refractivity contribution is 5.97. The Morgan fingerprint density at radius 2 is 2.25 bits per heavy atom. The van der Waals surface area contributed by atoms with Crippen molar-refractivity contribution < 1.29 is 14.6 Å². The third kappa shape index (κ3) is 3.35. The molecular formula is C17H16N4O3. The van der Waals surface area contributed by atoms with E-state index >= 15 is 0 Å². The molecule has 0 bridgehead atoms. The van der Waals surface area contributed by atoms with Gasteiger partial charge in [0.25, 0.3) is 5.91 Å². The van der Waals surface area contributed by atoms with Gasteiger partial charge < -0.3 is 14.8 Å². The first-order valence-electron chi connectivity index (χ1n) is 7.39. The van der Waals surface area contributed by atoms with Crippen molar-refractivity contribution in [2.75, 3.05) is 6.61 Å². The van der Waals surface area contributed by atoms with Gasteiger partial charge in [-0.2, -0.15) is 5.10 Å². The lowest BCUT2D eigenvalue weighted by molar-refractivity contribution is 0.0955. The van der Waals surface area contributed by atoms with Gasteiger partial charge in [-0.15, -0.1) is 0 Å². The number of hydrogen-bond acceptors (Lipinski definition) is 5. The van der Waals surface area contributed by atoms with E-state index in [-0.39, 0.29) is 11.7 Å². The molecule has 0 aliphatic rings. The smallest absolute Gasteiger partial charge is 0.271 e. The fraction of sp³-hybridized carbons (Fsp3) is 0.118. The minimum Gasteiger partial charge on any atom is -0.504 e. The Morgan fingerprint density at radius 3 is 3.08 bits per heavy atom. The van der Waals surface area contributed by atoms with E-state index in [0.717, 1.165) is 11.0 Å². The number of aromatic hydroxyl groups is 1. The van der Waals surface area contributed by atoms with Crippen LogP contribution in [0.1, 0.15) is 22.8 Å². The van der Waals surface area contributed by atoms with Crippen LogP contribution in [0.4, 0.5) is 0 Å². The highest BCUT2D eigenvalue weighted by atomic mass is 16.5. The van der Waals surface area contributed by atoms with Crippen molar-refractivity contribution in [1.29, 1.82) is 0 Å². The van der Waals surface area contributed by atoms with Crippen molar-refractivity contribution in [3.63, 3.8) is 0 Å². The van der Waals surface area contributed by atoms with E-state index in [1.165, 1.54) is 12.3 Å². The lowest BCUT2D eigenvalue weighted by Crippen LogP contribution is -2.17. The first-order valence-corrected chi connectivity index (χ1v) is 7.39. The summed E-state index contributed by atoms with van der Waals surface area (Å²) in [5.41, 5.74) is 5.21. The van der Waals surface area contributed by atoms with Crippen molar-refractivity contribution in [1.82, 2.24) is 15.4 Å². The first kappa shape index (κ1) is 15.5. The summed E-state index contributed by atoms with van der Waals surface area (Å²) in [7, 11) is 0. The van der Waals surface area contributed by atoms with Gasteiger partial charge in [0.15, 0.2) is 11.5 Å². The number of H-pyrrole nitrogens is 1. The van der Waals surface area contributed by atoms with Gasteiger partial charge in [0.2, 0.25) is 0 Å². The molecule has 0 aliphatic heterocycles. The number of carbonyl (C=O) groups is 1. The van der Waals surface area contributed by atoms with Gasteiger partial charge in [-0.25, -0.2) is 10.4 Å². The average molecular weight is 324 g/mol. The Labute approximate surface area is 138 Å². The number of amides is 1. The van der Waals surface area contributed by atoms with Crippen LogP contribution in [0.5, 0.6) is 11.5 Å². The number of hydrazone groups is 1. The third-order valence-corrected chi connectivity index (χ3v) is 3.35. The van der Waals surface area contributed by atoms with E-state index in [4.69, 9.17) is 4.74 Å². The summed E-state index contributed by atoms with van der Waals surface area (Å²) in [6, 6.07) is 9.98. The quantitative estimate of drug-likeness (QED) is 0.496. The molecule has 0 radical (unpaired) electrons. The van der Waals surface area contributed by atoms with Crippen LogP contribution < -0.4 is 10.2 Å². The number of fused-ring (bicyclic) bond motifs is 1. The molecule has 1 aromatic heterocycles. The highest BCUT2D eigenvalue weighted by Crippen LogP contribution is 2.26. The van der Waals surface area contributed by atoms with Gasteiger partial charge in [-0.3, -0.25) is 4.79 Å². The zero-order valence-electron chi connectivity index (χ0n) is 13.0. The van der Waals surface area contributed by atoms with Crippen LogP contribution in [0.2, 0.25) is 0 Å². The van der Waals surface area contributed by atoms with E-state index in [9.17, 15) is 9.90 Å². The molecule has 2 aromatic carbocycles. The number of hydrogen-bond donors (Lipinski definition) is 3. The van der Waals surface area contributed by atoms with Crippen LogP contribution >= 0.6 is 0 Å². The van der Waals surface area contributed by atoms with Crippen LogP contribution in [-0.4, -0.2) is 33.8 Å². The summed E-state index contributed by atoms with van der Waals surface area (Å²) in [6.07, 6.45) is 3.06. The molecule has 0 unspecified atom stereocenters.